The fourth-order valence-electron chi connectivity index (χ4n) is 1.82. The van der Waals surface area contributed by atoms with Gasteiger partial charge in [0.15, 0.2) is 0 Å². The Morgan fingerprint density at radius 3 is 2.12 bits per heavy atom. The summed E-state index contributed by atoms with van der Waals surface area (Å²) in [6, 6.07) is 5.89. The summed E-state index contributed by atoms with van der Waals surface area (Å²) in [4.78, 5) is 0. The van der Waals surface area contributed by atoms with Crippen molar-refractivity contribution in [1.82, 2.24) is 0 Å². The average molecular weight is 237 g/mol. The van der Waals surface area contributed by atoms with Crippen molar-refractivity contribution in [1.29, 1.82) is 0 Å². The van der Waals surface area contributed by atoms with Crippen LogP contribution in [0.3, 0.4) is 0 Å². The highest BCUT2D eigenvalue weighted by Gasteiger charge is 2.09. The number of hydrogen-bond acceptors (Lipinski definition) is 3. The lowest BCUT2D eigenvalue weighted by Crippen LogP contribution is -2.10. The molecule has 0 spiro atoms. The maximum absolute atomic E-state index is 6.17. The Hall–Kier alpha value is -1.22. The molecule has 2 N–H and O–H groups in total. The molecule has 0 heterocycles. The van der Waals surface area contributed by atoms with E-state index in [4.69, 9.17) is 15.2 Å². The predicted molar refractivity (Wildman–Crippen MR) is 70.6 cm³/mol. The Balaban J connectivity index is 2.73. The molecule has 0 aromatic heterocycles. The van der Waals surface area contributed by atoms with Crippen molar-refractivity contribution in [3.05, 3.63) is 23.8 Å². The monoisotopic (exact) mass is 237 g/mol. The van der Waals surface area contributed by atoms with Gasteiger partial charge in [-0.15, -0.1) is 0 Å². The molecule has 0 bridgehead atoms. The van der Waals surface area contributed by atoms with Crippen LogP contribution in [0.1, 0.15) is 44.2 Å². The van der Waals surface area contributed by atoms with E-state index in [1.54, 1.807) is 14.2 Å². The van der Waals surface area contributed by atoms with Gasteiger partial charge in [-0.25, -0.2) is 0 Å². The van der Waals surface area contributed by atoms with E-state index in [2.05, 4.69) is 6.92 Å². The van der Waals surface area contributed by atoms with Gasteiger partial charge >= 0.3 is 0 Å². The third-order valence-electron chi connectivity index (χ3n) is 2.92. The first-order valence-corrected chi connectivity index (χ1v) is 6.19. The molecule has 96 valence electrons. The summed E-state index contributed by atoms with van der Waals surface area (Å²) >= 11 is 0. The van der Waals surface area contributed by atoms with Crippen LogP contribution in [-0.4, -0.2) is 14.2 Å². The molecular formula is C14H23NO2. The van der Waals surface area contributed by atoms with Gasteiger partial charge in [0.05, 0.1) is 14.2 Å². The fraction of sp³-hybridized carbons (Fsp3) is 0.571. The van der Waals surface area contributed by atoms with E-state index in [1.807, 2.05) is 18.2 Å². The van der Waals surface area contributed by atoms with Crippen LogP contribution in [0.15, 0.2) is 18.2 Å². The largest absolute Gasteiger partial charge is 0.497 e. The van der Waals surface area contributed by atoms with E-state index in [1.165, 1.54) is 12.8 Å². The second-order valence-corrected chi connectivity index (χ2v) is 4.25. The first-order chi connectivity index (χ1) is 8.21. The molecule has 0 amide bonds. The molecule has 0 aliphatic carbocycles. The van der Waals surface area contributed by atoms with E-state index in [0.717, 1.165) is 29.9 Å². The van der Waals surface area contributed by atoms with Crippen molar-refractivity contribution in [3.8, 4) is 11.5 Å². The molecule has 3 nitrogen and oxygen atoms in total. The first-order valence-electron chi connectivity index (χ1n) is 6.19. The van der Waals surface area contributed by atoms with Gasteiger partial charge in [0.1, 0.15) is 11.5 Å². The van der Waals surface area contributed by atoms with E-state index in [9.17, 15) is 0 Å². The van der Waals surface area contributed by atoms with Crippen LogP contribution in [0.2, 0.25) is 0 Å². The lowest BCUT2D eigenvalue weighted by atomic mass is 10.0. The smallest absolute Gasteiger partial charge is 0.122 e. The molecular weight excluding hydrogens is 214 g/mol. The lowest BCUT2D eigenvalue weighted by molar-refractivity contribution is 0.392. The molecule has 0 unspecified atom stereocenters. The molecule has 0 saturated carbocycles. The van der Waals surface area contributed by atoms with Crippen LogP contribution in [-0.2, 0) is 0 Å². The Bertz CT molecular complexity index is 317. The van der Waals surface area contributed by atoms with Crippen molar-refractivity contribution in [2.75, 3.05) is 14.2 Å². The first kappa shape index (κ1) is 13.8. The van der Waals surface area contributed by atoms with E-state index in [-0.39, 0.29) is 6.04 Å². The normalized spacial score (nSPS) is 12.2. The second kappa shape index (κ2) is 7.17. The minimum absolute atomic E-state index is 0.0607. The van der Waals surface area contributed by atoms with Crippen LogP contribution < -0.4 is 15.2 Å². The predicted octanol–water partition coefficient (Wildman–Crippen LogP) is 3.28. The molecule has 0 aliphatic rings. The molecule has 17 heavy (non-hydrogen) atoms. The third-order valence-corrected chi connectivity index (χ3v) is 2.92. The maximum Gasteiger partial charge on any atom is 0.122 e. The van der Waals surface area contributed by atoms with Crippen molar-refractivity contribution in [2.45, 2.75) is 38.6 Å². The van der Waals surface area contributed by atoms with Gasteiger partial charge in [0.2, 0.25) is 0 Å². The molecule has 0 radical (unpaired) electrons. The molecule has 3 heteroatoms. The van der Waals surface area contributed by atoms with Crippen molar-refractivity contribution in [3.63, 3.8) is 0 Å². The fourth-order valence-corrected chi connectivity index (χ4v) is 1.82. The molecule has 0 fully saturated rings. The quantitative estimate of drug-likeness (QED) is 0.740. The molecule has 0 saturated heterocycles. The number of nitrogens with two attached hydrogens (primary N) is 1. The van der Waals surface area contributed by atoms with Gasteiger partial charge in [-0.1, -0.05) is 26.2 Å². The number of benzene rings is 1. The summed E-state index contributed by atoms with van der Waals surface area (Å²) in [6.07, 6.45) is 4.62. The van der Waals surface area contributed by atoms with Crippen molar-refractivity contribution >= 4 is 0 Å². The number of unbranched alkanes of at least 4 members (excludes halogenated alkanes) is 2. The van der Waals surface area contributed by atoms with E-state index < -0.39 is 0 Å². The topological polar surface area (TPSA) is 44.5 Å². The Morgan fingerprint density at radius 2 is 1.65 bits per heavy atom. The van der Waals surface area contributed by atoms with Gasteiger partial charge < -0.3 is 15.2 Å². The van der Waals surface area contributed by atoms with Gasteiger partial charge in [0.25, 0.3) is 0 Å². The van der Waals surface area contributed by atoms with E-state index in [0.29, 0.717) is 0 Å². The van der Waals surface area contributed by atoms with Crippen LogP contribution >= 0.6 is 0 Å². The maximum atomic E-state index is 6.17. The Morgan fingerprint density at radius 1 is 1.06 bits per heavy atom. The minimum Gasteiger partial charge on any atom is -0.497 e. The zero-order valence-electron chi connectivity index (χ0n) is 11.0. The minimum atomic E-state index is 0.0607. The zero-order chi connectivity index (χ0) is 12.7. The molecule has 1 aromatic rings. The molecule has 1 aromatic carbocycles. The van der Waals surface area contributed by atoms with Crippen LogP contribution in [0.5, 0.6) is 11.5 Å². The van der Waals surface area contributed by atoms with E-state index >= 15 is 0 Å². The van der Waals surface area contributed by atoms with Gasteiger partial charge in [-0.05, 0) is 24.1 Å². The summed E-state index contributed by atoms with van der Waals surface area (Å²) in [7, 11) is 3.31. The highest BCUT2D eigenvalue weighted by Crippen LogP contribution is 2.27. The summed E-state index contributed by atoms with van der Waals surface area (Å²) in [5.74, 6) is 1.59. The third kappa shape index (κ3) is 4.27. The van der Waals surface area contributed by atoms with Crippen LogP contribution in [0.4, 0.5) is 0 Å². The van der Waals surface area contributed by atoms with Gasteiger partial charge in [-0.2, -0.15) is 0 Å². The standard InChI is InChI=1S/C14H23NO2/c1-4-5-6-7-14(15)11-8-12(16-2)10-13(9-11)17-3/h8-10,14H,4-7,15H2,1-3H3/t14-/m1/s1. The lowest BCUT2D eigenvalue weighted by Gasteiger charge is -2.14. The highest BCUT2D eigenvalue weighted by atomic mass is 16.5. The average Bonchev–Trinajstić information content (AvgIpc) is 2.38. The molecule has 0 aliphatic heterocycles. The molecule has 1 rings (SSSR count). The number of ether oxygens (including phenoxy) is 2. The zero-order valence-corrected chi connectivity index (χ0v) is 11.0. The summed E-state index contributed by atoms with van der Waals surface area (Å²) in [5.41, 5.74) is 7.25. The second-order valence-electron chi connectivity index (χ2n) is 4.25. The molecule has 1 atom stereocenters. The number of methoxy groups -OCH3 is 2. The Labute approximate surface area is 104 Å². The highest BCUT2D eigenvalue weighted by molar-refractivity contribution is 5.39. The number of hydrogen-bond donors (Lipinski definition) is 1. The van der Waals surface area contributed by atoms with Gasteiger partial charge in [-0.3, -0.25) is 0 Å². The summed E-state index contributed by atoms with van der Waals surface area (Å²) < 4.78 is 10.5. The van der Waals surface area contributed by atoms with Crippen LogP contribution in [0.25, 0.3) is 0 Å². The van der Waals surface area contributed by atoms with Gasteiger partial charge in [0, 0.05) is 12.1 Å². The Kier molecular flexibility index (Phi) is 5.84. The van der Waals surface area contributed by atoms with Crippen LogP contribution in [0, 0.1) is 0 Å². The summed E-state index contributed by atoms with van der Waals surface area (Å²) in [5, 5.41) is 0. The SMILES string of the molecule is CCCCC[C@@H](N)c1cc(OC)cc(OC)c1. The summed E-state index contributed by atoms with van der Waals surface area (Å²) in [6.45, 7) is 2.19. The van der Waals surface area contributed by atoms with Crippen molar-refractivity contribution in [2.24, 2.45) is 5.73 Å². The van der Waals surface area contributed by atoms with Crippen molar-refractivity contribution < 1.29 is 9.47 Å². The number of rotatable bonds is 7.